The van der Waals surface area contributed by atoms with Crippen LogP contribution in [0.25, 0.3) is 0 Å². The average Bonchev–Trinajstić information content (AvgIpc) is 2.58. The summed E-state index contributed by atoms with van der Waals surface area (Å²) in [6.45, 7) is 6.35. The van der Waals surface area contributed by atoms with Crippen LogP contribution in [0.2, 0.25) is 0 Å². The van der Waals surface area contributed by atoms with Crippen molar-refractivity contribution < 1.29 is 14.3 Å². The topological polar surface area (TPSA) is 59.6 Å². The van der Waals surface area contributed by atoms with E-state index >= 15 is 0 Å². The summed E-state index contributed by atoms with van der Waals surface area (Å²) in [7, 11) is 0. The van der Waals surface area contributed by atoms with Crippen LogP contribution < -0.4 is 10.6 Å². The van der Waals surface area contributed by atoms with Gasteiger partial charge < -0.3 is 20.1 Å². The molecule has 0 radical (unpaired) electrons. The molecule has 5 heteroatoms. The average molecular weight is 332 g/mol. The number of urea groups is 1. The third-order valence-electron chi connectivity index (χ3n) is 4.10. The number of allylic oxidation sites excluding steroid dienone is 1. The van der Waals surface area contributed by atoms with Gasteiger partial charge in [0.15, 0.2) is 0 Å². The van der Waals surface area contributed by atoms with E-state index in [4.69, 9.17) is 9.47 Å². The molecular formula is C19H28N2O3. The molecule has 0 fully saturated rings. The van der Waals surface area contributed by atoms with E-state index in [0.29, 0.717) is 26.4 Å². The maximum absolute atomic E-state index is 12.2. The van der Waals surface area contributed by atoms with Crippen LogP contribution >= 0.6 is 0 Å². The Kier molecular flexibility index (Phi) is 7.79. The first-order valence-electron chi connectivity index (χ1n) is 8.69. The monoisotopic (exact) mass is 332 g/mol. The summed E-state index contributed by atoms with van der Waals surface area (Å²) in [6, 6.07) is 5.83. The van der Waals surface area contributed by atoms with Crippen LogP contribution in [0.1, 0.15) is 37.3 Å². The normalized spacial score (nSPS) is 16.8. The van der Waals surface area contributed by atoms with Crippen molar-refractivity contribution in [3.05, 3.63) is 41.5 Å². The van der Waals surface area contributed by atoms with Gasteiger partial charge in [0.05, 0.1) is 19.8 Å². The van der Waals surface area contributed by atoms with Gasteiger partial charge in [0.2, 0.25) is 0 Å². The predicted molar refractivity (Wildman–Crippen MR) is 96.3 cm³/mol. The van der Waals surface area contributed by atoms with Crippen molar-refractivity contribution in [3.63, 3.8) is 0 Å². The van der Waals surface area contributed by atoms with Gasteiger partial charge in [-0.2, -0.15) is 0 Å². The molecule has 1 aliphatic rings. The Labute approximate surface area is 144 Å². The molecule has 0 saturated carbocycles. The van der Waals surface area contributed by atoms with Gasteiger partial charge in [0, 0.05) is 18.3 Å². The lowest BCUT2D eigenvalue weighted by molar-refractivity contribution is 0.0451. The second-order valence-corrected chi connectivity index (χ2v) is 5.90. The minimum absolute atomic E-state index is 0.129. The Hall–Kier alpha value is -1.85. The maximum Gasteiger partial charge on any atom is 0.319 e. The number of amides is 2. The molecule has 0 aromatic heterocycles. The lowest BCUT2D eigenvalue weighted by Crippen LogP contribution is -2.37. The van der Waals surface area contributed by atoms with Crippen molar-refractivity contribution in [2.45, 2.75) is 45.8 Å². The summed E-state index contributed by atoms with van der Waals surface area (Å²) in [5.74, 6) is 0. The zero-order chi connectivity index (χ0) is 17.2. The van der Waals surface area contributed by atoms with Crippen molar-refractivity contribution in [2.24, 2.45) is 0 Å². The third-order valence-corrected chi connectivity index (χ3v) is 4.10. The number of hydrogen-bond donors (Lipinski definition) is 2. The smallest absolute Gasteiger partial charge is 0.319 e. The molecule has 1 atom stereocenters. The lowest BCUT2D eigenvalue weighted by Gasteiger charge is -2.19. The largest absolute Gasteiger partial charge is 0.379 e. The van der Waals surface area contributed by atoms with Crippen molar-refractivity contribution in [3.8, 4) is 0 Å². The van der Waals surface area contributed by atoms with Gasteiger partial charge in [-0.3, -0.25) is 0 Å². The number of carbonyl (C=O) groups is 1. The number of anilines is 1. The molecule has 0 aliphatic heterocycles. The fraction of sp³-hybridized carbons (Fsp3) is 0.526. The highest BCUT2D eigenvalue weighted by Gasteiger charge is 2.13. The number of carbonyl (C=O) groups excluding carboxylic acids is 1. The van der Waals surface area contributed by atoms with E-state index in [2.05, 4.69) is 22.8 Å². The molecule has 0 unspecified atom stereocenters. The molecule has 0 bridgehead atoms. The van der Waals surface area contributed by atoms with E-state index in [9.17, 15) is 4.79 Å². The van der Waals surface area contributed by atoms with Crippen LogP contribution in [0.4, 0.5) is 10.5 Å². The summed E-state index contributed by atoms with van der Waals surface area (Å²) >= 11 is 0. The Morgan fingerprint density at radius 2 is 2.12 bits per heavy atom. The van der Waals surface area contributed by atoms with E-state index < -0.39 is 0 Å². The van der Waals surface area contributed by atoms with Crippen LogP contribution in [0, 0.1) is 6.92 Å². The van der Waals surface area contributed by atoms with Gasteiger partial charge in [-0.15, -0.1) is 0 Å². The molecule has 24 heavy (non-hydrogen) atoms. The summed E-state index contributed by atoms with van der Waals surface area (Å²) in [4.78, 5) is 12.2. The first kappa shape index (κ1) is 18.5. The minimum Gasteiger partial charge on any atom is -0.379 e. The number of benzene rings is 1. The number of nitrogens with one attached hydrogen (secondary N) is 2. The number of rotatable bonds is 8. The van der Waals surface area contributed by atoms with Crippen LogP contribution in [0.5, 0.6) is 0 Å². The molecule has 0 spiro atoms. The highest BCUT2D eigenvalue weighted by atomic mass is 16.5. The van der Waals surface area contributed by atoms with Crippen LogP contribution in [-0.2, 0) is 16.1 Å². The Balaban J connectivity index is 1.85. The number of hydrogen-bond acceptors (Lipinski definition) is 3. The van der Waals surface area contributed by atoms with E-state index in [1.54, 1.807) is 0 Å². The molecular weight excluding hydrogens is 304 g/mol. The van der Waals surface area contributed by atoms with Crippen LogP contribution in [0.3, 0.4) is 0 Å². The van der Waals surface area contributed by atoms with Crippen LogP contribution in [0.15, 0.2) is 30.4 Å². The predicted octanol–water partition coefficient (Wildman–Crippen LogP) is 3.78. The SMILES string of the molecule is CCOCCOCc1cccc(NC(=O)N[C@@H]2C=CCCC2)c1C. The number of ether oxygens (including phenoxy) is 2. The molecule has 1 aromatic rings. The summed E-state index contributed by atoms with van der Waals surface area (Å²) in [5.41, 5.74) is 2.92. The summed E-state index contributed by atoms with van der Waals surface area (Å²) < 4.78 is 10.9. The molecule has 2 rings (SSSR count). The molecule has 0 heterocycles. The van der Waals surface area contributed by atoms with Crippen molar-refractivity contribution in [1.29, 1.82) is 0 Å². The van der Waals surface area contributed by atoms with E-state index in [1.165, 1.54) is 0 Å². The van der Waals surface area contributed by atoms with Gasteiger partial charge in [-0.05, 0) is 50.3 Å². The van der Waals surface area contributed by atoms with Crippen molar-refractivity contribution >= 4 is 11.7 Å². The van der Waals surface area contributed by atoms with Gasteiger partial charge in [0.25, 0.3) is 0 Å². The van der Waals surface area contributed by atoms with E-state index in [-0.39, 0.29) is 12.1 Å². The highest BCUT2D eigenvalue weighted by molar-refractivity contribution is 5.90. The third kappa shape index (κ3) is 5.98. The molecule has 5 nitrogen and oxygen atoms in total. The van der Waals surface area contributed by atoms with Crippen molar-refractivity contribution in [1.82, 2.24) is 5.32 Å². The first-order valence-corrected chi connectivity index (χ1v) is 8.69. The quantitative estimate of drug-likeness (QED) is 0.562. The summed E-state index contributed by atoms with van der Waals surface area (Å²) in [5, 5.41) is 5.94. The fourth-order valence-corrected chi connectivity index (χ4v) is 2.68. The lowest BCUT2D eigenvalue weighted by atomic mass is 10.0. The molecule has 1 aromatic carbocycles. The Morgan fingerprint density at radius 1 is 1.29 bits per heavy atom. The van der Waals surface area contributed by atoms with Gasteiger partial charge in [-0.1, -0.05) is 24.3 Å². The van der Waals surface area contributed by atoms with Gasteiger partial charge in [0.1, 0.15) is 0 Å². The minimum atomic E-state index is -0.163. The second-order valence-electron chi connectivity index (χ2n) is 5.90. The zero-order valence-corrected chi connectivity index (χ0v) is 14.6. The molecule has 0 saturated heterocycles. The second kappa shape index (κ2) is 10.1. The van der Waals surface area contributed by atoms with E-state index in [1.807, 2.05) is 32.0 Å². The fourth-order valence-electron chi connectivity index (χ4n) is 2.68. The Morgan fingerprint density at radius 3 is 2.88 bits per heavy atom. The molecule has 2 N–H and O–H groups in total. The van der Waals surface area contributed by atoms with E-state index in [0.717, 1.165) is 36.1 Å². The molecule has 132 valence electrons. The summed E-state index contributed by atoms with van der Waals surface area (Å²) in [6.07, 6.45) is 7.41. The standard InChI is InChI=1S/C19H28N2O3/c1-3-23-12-13-24-14-16-8-7-11-18(15(16)2)21-19(22)20-17-9-5-4-6-10-17/h5,7-9,11,17H,3-4,6,10,12-14H2,1-2H3,(H2,20,21,22)/t17-/m1/s1. The maximum atomic E-state index is 12.2. The van der Waals surface area contributed by atoms with Gasteiger partial charge >= 0.3 is 6.03 Å². The Bertz CT molecular complexity index is 558. The highest BCUT2D eigenvalue weighted by Crippen LogP contribution is 2.20. The molecule has 1 aliphatic carbocycles. The zero-order valence-electron chi connectivity index (χ0n) is 14.6. The van der Waals surface area contributed by atoms with Gasteiger partial charge in [-0.25, -0.2) is 4.79 Å². The van der Waals surface area contributed by atoms with Crippen molar-refractivity contribution in [2.75, 3.05) is 25.1 Å². The molecule has 2 amide bonds. The van der Waals surface area contributed by atoms with Crippen LogP contribution in [-0.4, -0.2) is 31.9 Å². The first-order chi connectivity index (χ1) is 11.7.